The molecular formula is C20H22FN3O2S2. The molecule has 0 aliphatic heterocycles. The summed E-state index contributed by atoms with van der Waals surface area (Å²) in [5.41, 5.74) is 1.81. The van der Waals surface area contributed by atoms with Crippen molar-refractivity contribution in [3.8, 4) is 0 Å². The summed E-state index contributed by atoms with van der Waals surface area (Å²) < 4.78 is 15.3. The molecular weight excluding hydrogens is 397 g/mol. The molecule has 0 spiro atoms. The van der Waals surface area contributed by atoms with Crippen LogP contribution < -0.4 is 10.9 Å². The van der Waals surface area contributed by atoms with Gasteiger partial charge < -0.3 is 5.32 Å². The summed E-state index contributed by atoms with van der Waals surface area (Å²) in [6, 6.07) is 4.58. The maximum absolute atomic E-state index is 13.7. The van der Waals surface area contributed by atoms with E-state index in [1.165, 1.54) is 29.2 Å². The first-order valence-electron chi connectivity index (χ1n) is 8.97. The summed E-state index contributed by atoms with van der Waals surface area (Å²) >= 11 is 2.71. The number of thioether (sulfide) groups is 1. The number of carbonyl (C=O) groups excluding carboxylic acids is 1. The van der Waals surface area contributed by atoms with Crippen LogP contribution in [0.15, 0.2) is 28.2 Å². The lowest BCUT2D eigenvalue weighted by atomic mass is 10.2. The Balaban J connectivity index is 1.87. The van der Waals surface area contributed by atoms with Crippen LogP contribution in [0, 0.1) is 26.6 Å². The molecule has 8 heteroatoms. The van der Waals surface area contributed by atoms with Gasteiger partial charge in [0.1, 0.15) is 10.6 Å². The first-order valence-corrected chi connectivity index (χ1v) is 10.7. The minimum atomic E-state index is -0.506. The molecule has 3 rings (SSSR count). The van der Waals surface area contributed by atoms with Gasteiger partial charge in [-0.3, -0.25) is 14.2 Å². The van der Waals surface area contributed by atoms with E-state index in [2.05, 4.69) is 10.3 Å². The van der Waals surface area contributed by atoms with Gasteiger partial charge in [-0.15, -0.1) is 11.3 Å². The Morgan fingerprint density at radius 2 is 2.07 bits per heavy atom. The van der Waals surface area contributed by atoms with Gasteiger partial charge in [-0.25, -0.2) is 9.37 Å². The second-order valence-corrected chi connectivity index (χ2v) is 9.13. The average Bonchev–Trinajstić information content (AvgIpc) is 2.92. The van der Waals surface area contributed by atoms with E-state index in [9.17, 15) is 14.0 Å². The van der Waals surface area contributed by atoms with Crippen LogP contribution in [0.2, 0.25) is 0 Å². The smallest absolute Gasteiger partial charge is 0.263 e. The predicted octanol–water partition coefficient (Wildman–Crippen LogP) is 4.66. The summed E-state index contributed by atoms with van der Waals surface area (Å²) in [5, 5.41) is 3.38. The highest BCUT2D eigenvalue weighted by Gasteiger charge is 2.21. The normalized spacial score (nSPS) is 12.4. The standard InChI is InChI=1S/C20H22FN3O2S2/c1-6-24-19(26)16-11(3)12(4)27-18(16)23-20(24)28-13(5)17(25)22-14-8-7-10(2)15(21)9-14/h7-9,13H,6H2,1-5H3,(H,22,25). The van der Waals surface area contributed by atoms with Gasteiger partial charge in [-0.1, -0.05) is 17.8 Å². The Bertz CT molecular complexity index is 1120. The number of hydrogen-bond acceptors (Lipinski definition) is 5. The number of hydrogen-bond donors (Lipinski definition) is 1. The second-order valence-electron chi connectivity index (χ2n) is 6.62. The van der Waals surface area contributed by atoms with Gasteiger partial charge in [0.25, 0.3) is 5.56 Å². The number of anilines is 1. The molecule has 1 aromatic carbocycles. The molecule has 0 aliphatic carbocycles. The van der Waals surface area contributed by atoms with Crippen LogP contribution in [0.1, 0.15) is 29.9 Å². The van der Waals surface area contributed by atoms with E-state index < -0.39 is 5.25 Å². The van der Waals surface area contributed by atoms with Crippen molar-refractivity contribution in [1.29, 1.82) is 0 Å². The Kier molecular flexibility index (Phi) is 5.90. The highest BCUT2D eigenvalue weighted by atomic mass is 32.2. The molecule has 3 aromatic rings. The van der Waals surface area contributed by atoms with Crippen molar-refractivity contribution in [1.82, 2.24) is 9.55 Å². The summed E-state index contributed by atoms with van der Waals surface area (Å²) in [5.74, 6) is -0.641. The first-order chi connectivity index (χ1) is 13.2. The number of amides is 1. The summed E-state index contributed by atoms with van der Waals surface area (Å²) in [6.07, 6.45) is 0. The number of benzene rings is 1. The zero-order valence-electron chi connectivity index (χ0n) is 16.4. The van der Waals surface area contributed by atoms with Gasteiger partial charge in [0.15, 0.2) is 5.16 Å². The van der Waals surface area contributed by atoms with Crippen LogP contribution in [0.5, 0.6) is 0 Å². The van der Waals surface area contributed by atoms with Crippen molar-refractivity contribution < 1.29 is 9.18 Å². The van der Waals surface area contributed by atoms with E-state index in [0.717, 1.165) is 10.4 Å². The molecule has 148 valence electrons. The van der Waals surface area contributed by atoms with Gasteiger partial charge in [-0.05, 0) is 57.9 Å². The molecule has 0 aliphatic rings. The van der Waals surface area contributed by atoms with Gasteiger partial charge in [-0.2, -0.15) is 0 Å². The summed E-state index contributed by atoms with van der Waals surface area (Å²) in [4.78, 5) is 31.9. The molecule has 0 bridgehead atoms. The summed E-state index contributed by atoms with van der Waals surface area (Å²) in [6.45, 7) is 9.66. The van der Waals surface area contributed by atoms with Crippen LogP contribution in [0.4, 0.5) is 10.1 Å². The van der Waals surface area contributed by atoms with Crippen molar-refractivity contribution in [3.63, 3.8) is 0 Å². The fourth-order valence-corrected chi connectivity index (χ4v) is 4.85. The van der Waals surface area contributed by atoms with Crippen LogP contribution in [-0.4, -0.2) is 20.7 Å². The lowest BCUT2D eigenvalue weighted by Crippen LogP contribution is -2.26. The topological polar surface area (TPSA) is 64.0 Å². The van der Waals surface area contributed by atoms with Crippen LogP contribution in [0.3, 0.4) is 0 Å². The number of rotatable bonds is 5. The van der Waals surface area contributed by atoms with Crippen LogP contribution in [0.25, 0.3) is 10.2 Å². The Labute approximate surface area is 171 Å². The fraction of sp³-hybridized carbons (Fsp3) is 0.350. The molecule has 2 aromatic heterocycles. The van der Waals surface area contributed by atoms with E-state index in [-0.39, 0.29) is 17.3 Å². The van der Waals surface area contributed by atoms with Crippen LogP contribution in [-0.2, 0) is 11.3 Å². The van der Waals surface area contributed by atoms with Gasteiger partial charge in [0, 0.05) is 17.1 Å². The van der Waals surface area contributed by atoms with E-state index >= 15 is 0 Å². The molecule has 1 atom stereocenters. The molecule has 0 radical (unpaired) electrons. The van der Waals surface area contributed by atoms with E-state index in [4.69, 9.17) is 0 Å². The van der Waals surface area contributed by atoms with Crippen molar-refractivity contribution in [3.05, 3.63) is 50.4 Å². The van der Waals surface area contributed by atoms with Crippen LogP contribution >= 0.6 is 23.1 Å². The largest absolute Gasteiger partial charge is 0.325 e. The van der Waals surface area contributed by atoms with Crippen molar-refractivity contribution in [2.75, 3.05) is 5.32 Å². The molecule has 1 amide bonds. The van der Waals surface area contributed by atoms with Crippen molar-refractivity contribution in [2.45, 2.75) is 51.6 Å². The molecule has 1 N–H and O–H groups in total. The molecule has 0 saturated heterocycles. The third kappa shape index (κ3) is 3.84. The van der Waals surface area contributed by atoms with Crippen molar-refractivity contribution >= 4 is 44.9 Å². The van der Waals surface area contributed by atoms with Gasteiger partial charge >= 0.3 is 0 Å². The van der Waals surface area contributed by atoms with E-state index in [1.807, 2.05) is 20.8 Å². The lowest BCUT2D eigenvalue weighted by Gasteiger charge is -2.15. The SMILES string of the molecule is CCn1c(SC(C)C(=O)Nc2ccc(C)c(F)c2)nc2sc(C)c(C)c2c1=O. The maximum atomic E-state index is 13.7. The number of aromatic nitrogens is 2. The molecule has 0 fully saturated rings. The highest BCUT2D eigenvalue weighted by molar-refractivity contribution is 8.00. The third-order valence-electron chi connectivity index (χ3n) is 4.66. The Hall–Kier alpha value is -2.19. The zero-order chi connectivity index (χ0) is 20.6. The van der Waals surface area contributed by atoms with E-state index in [1.54, 1.807) is 30.5 Å². The van der Waals surface area contributed by atoms with Gasteiger partial charge in [0.2, 0.25) is 5.91 Å². The zero-order valence-corrected chi connectivity index (χ0v) is 18.1. The lowest BCUT2D eigenvalue weighted by molar-refractivity contribution is -0.115. The average molecular weight is 420 g/mol. The molecule has 1 unspecified atom stereocenters. The number of nitrogens with zero attached hydrogens (tertiary/aromatic N) is 2. The van der Waals surface area contributed by atoms with E-state index in [0.29, 0.717) is 33.2 Å². The number of fused-ring (bicyclic) bond motifs is 1. The number of nitrogens with one attached hydrogen (secondary N) is 1. The van der Waals surface area contributed by atoms with Gasteiger partial charge in [0.05, 0.1) is 10.6 Å². The third-order valence-corrected chi connectivity index (χ3v) is 6.85. The quantitative estimate of drug-likeness (QED) is 0.482. The Morgan fingerprint density at radius 3 is 2.71 bits per heavy atom. The molecule has 0 saturated carbocycles. The number of carbonyl (C=O) groups is 1. The second kappa shape index (κ2) is 8.05. The number of aryl methyl sites for hydroxylation is 3. The predicted molar refractivity (Wildman–Crippen MR) is 114 cm³/mol. The minimum Gasteiger partial charge on any atom is -0.325 e. The fourth-order valence-electron chi connectivity index (χ4n) is 2.80. The highest BCUT2D eigenvalue weighted by Crippen LogP contribution is 2.30. The Morgan fingerprint density at radius 1 is 1.36 bits per heavy atom. The van der Waals surface area contributed by atoms with Crippen molar-refractivity contribution in [2.24, 2.45) is 0 Å². The summed E-state index contributed by atoms with van der Waals surface area (Å²) in [7, 11) is 0. The maximum Gasteiger partial charge on any atom is 0.263 e. The first kappa shape index (κ1) is 20.5. The monoisotopic (exact) mass is 419 g/mol. The molecule has 28 heavy (non-hydrogen) atoms. The minimum absolute atomic E-state index is 0.0786. The number of thiophene rings is 1. The molecule has 5 nitrogen and oxygen atoms in total. The number of halogens is 1. The molecule has 2 heterocycles.